The zero-order valence-electron chi connectivity index (χ0n) is 8.51. The molecule has 0 aliphatic carbocycles. The molecule has 0 unspecified atom stereocenters. The molecule has 0 amide bonds. The third kappa shape index (κ3) is 1.32. The van der Waals surface area contributed by atoms with Gasteiger partial charge in [-0.25, -0.2) is 4.98 Å². The molecule has 3 nitrogen and oxygen atoms in total. The smallest absolute Gasteiger partial charge is 0.180 e. The molecule has 74 valence electrons. The molecule has 2 aromatic rings. The maximum atomic E-state index is 5.60. The molecule has 2 rings (SSSR count). The minimum absolute atomic E-state index is 0.615. The number of nitrogens with zero attached hydrogens (tertiary/aromatic N) is 1. The van der Waals surface area contributed by atoms with Gasteiger partial charge in [-0.2, -0.15) is 0 Å². The number of H-pyrrole nitrogens is 1. The van der Waals surface area contributed by atoms with Crippen LogP contribution in [0.3, 0.4) is 0 Å². The Labute approximate surface area is 87.0 Å². The fourth-order valence-electron chi connectivity index (χ4n) is 1.50. The van der Waals surface area contributed by atoms with Crippen molar-refractivity contribution in [1.82, 2.24) is 9.97 Å². The molecule has 0 spiro atoms. The number of nitrogen functional groups attached to an aromatic ring is 1. The molecule has 2 aromatic heterocycles. The lowest BCUT2D eigenvalue weighted by molar-refractivity contribution is 1.22. The highest BCUT2D eigenvalue weighted by atomic mass is 32.1. The second kappa shape index (κ2) is 3.13. The summed E-state index contributed by atoms with van der Waals surface area (Å²) in [5, 5.41) is 2.59. The normalized spacial score (nSPS) is 10.8. The van der Waals surface area contributed by atoms with Gasteiger partial charge in [-0.05, 0) is 31.9 Å². The van der Waals surface area contributed by atoms with E-state index in [4.69, 9.17) is 5.73 Å². The number of thiazole rings is 1. The molecule has 0 saturated heterocycles. The predicted octanol–water partition coefficient (Wildman–Crippen LogP) is 2.65. The van der Waals surface area contributed by atoms with E-state index in [2.05, 4.69) is 30.7 Å². The maximum Gasteiger partial charge on any atom is 0.180 e. The molecular formula is C10H13N3S. The van der Waals surface area contributed by atoms with Crippen molar-refractivity contribution in [2.45, 2.75) is 20.8 Å². The van der Waals surface area contributed by atoms with E-state index in [-0.39, 0.29) is 0 Å². The molecule has 0 bridgehead atoms. The second-order valence-corrected chi connectivity index (χ2v) is 4.34. The third-order valence-corrected chi connectivity index (χ3v) is 3.26. The van der Waals surface area contributed by atoms with Crippen molar-refractivity contribution in [2.75, 3.05) is 5.73 Å². The highest BCUT2D eigenvalue weighted by molar-refractivity contribution is 7.13. The van der Waals surface area contributed by atoms with Crippen LogP contribution in [-0.2, 0) is 0 Å². The quantitative estimate of drug-likeness (QED) is 0.755. The van der Waals surface area contributed by atoms with Crippen LogP contribution < -0.4 is 5.73 Å². The number of aromatic nitrogens is 2. The molecule has 0 aromatic carbocycles. The van der Waals surface area contributed by atoms with Gasteiger partial charge in [0.15, 0.2) is 5.13 Å². The Kier molecular flexibility index (Phi) is 2.07. The molecule has 3 N–H and O–H groups in total. The zero-order chi connectivity index (χ0) is 10.3. The largest absolute Gasteiger partial charge is 0.375 e. The lowest BCUT2D eigenvalue weighted by atomic mass is 10.1. The van der Waals surface area contributed by atoms with Gasteiger partial charge in [0.2, 0.25) is 0 Å². The van der Waals surface area contributed by atoms with E-state index < -0.39 is 0 Å². The van der Waals surface area contributed by atoms with Gasteiger partial charge < -0.3 is 10.7 Å². The summed E-state index contributed by atoms with van der Waals surface area (Å²) in [6.07, 6.45) is 0. The number of hydrogen-bond acceptors (Lipinski definition) is 3. The number of nitrogens with two attached hydrogens (primary N) is 1. The van der Waals surface area contributed by atoms with E-state index >= 15 is 0 Å². The Morgan fingerprint density at radius 3 is 2.43 bits per heavy atom. The van der Waals surface area contributed by atoms with Crippen LogP contribution in [0.15, 0.2) is 5.38 Å². The molecule has 4 heteroatoms. The van der Waals surface area contributed by atoms with Crippen molar-refractivity contribution in [3.63, 3.8) is 0 Å². The highest BCUT2D eigenvalue weighted by Crippen LogP contribution is 2.28. The van der Waals surface area contributed by atoms with Gasteiger partial charge in [0.25, 0.3) is 0 Å². The van der Waals surface area contributed by atoms with Gasteiger partial charge in [-0.1, -0.05) is 0 Å². The van der Waals surface area contributed by atoms with Crippen molar-refractivity contribution in [1.29, 1.82) is 0 Å². The molecule has 0 aliphatic rings. The standard InChI is InChI=1S/C10H13N3S/c1-5-6(2)9(12-7(5)3)8-4-14-10(11)13-8/h4,12H,1-3H3,(H2,11,13). The summed E-state index contributed by atoms with van der Waals surface area (Å²) in [5.74, 6) is 0. The summed E-state index contributed by atoms with van der Waals surface area (Å²) in [6, 6.07) is 0. The summed E-state index contributed by atoms with van der Waals surface area (Å²) < 4.78 is 0. The summed E-state index contributed by atoms with van der Waals surface area (Å²) in [7, 11) is 0. The van der Waals surface area contributed by atoms with Gasteiger partial charge in [0, 0.05) is 11.1 Å². The second-order valence-electron chi connectivity index (χ2n) is 3.45. The molecular weight excluding hydrogens is 194 g/mol. The Hall–Kier alpha value is -1.29. The van der Waals surface area contributed by atoms with Crippen LogP contribution in [0.5, 0.6) is 0 Å². The Morgan fingerprint density at radius 2 is 2.00 bits per heavy atom. The minimum Gasteiger partial charge on any atom is -0.375 e. The maximum absolute atomic E-state index is 5.60. The van der Waals surface area contributed by atoms with Crippen molar-refractivity contribution in [3.8, 4) is 11.4 Å². The van der Waals surface area contributed by atoms with Crippen LogP contribution in [0.1, 0.15) is 16.8 Å². The van der Waals surface area contributed by atoms with Crippen LogP contribution in [0, 0.1) is 20.8 Å². The zero-order valence-corrected chi connectivity index (χ0v) is 9.33. The fraction of sp³-hybridized carbons (Fsp3) is 0.300. The first-order valence-electron chi connectivity index (χ1n) is 4.46. The summed E-state index contributed by atoms with van der Waals surface area (Å²) in [5.41, 5.74) is 11.4. The van der Waals surface area contributed by atoms with Crippen molar-refractivity contribution in [3.05, 3.63) is 22.2 Å². The lowest BCUT2D eigenvalue weighted by Crippen LogP contribution is -1.84. The number of anilines is 1. The van der Waals surface area contributed by atoms with E-state index in [1.165, 1.54) is 28.2 Å². The number of aryl methyl sites for hydroxylation is 1. The Balaban J connectivity index is 2.57. The topological polar surface area (TPSA) is 54.7 Å². The number of aromatic amines is 1. The van der Waals surface area contributed by atoms with E-state index in [9.17, 15) is 0 Å². The molecule has 0 aliphatic heterocycles. The minimum atomic E-state index is 0.615. The Bertz CT molecular complexity index is 468. The lowest BCUT2D eigenvalue weighted by Gasteiger charge is -1.94. The van der Waals surface area contributed by atoms with Crippen LogP contribution in [0.2, 0.25) is 0 Å². The average molecular weight is 207 g/mol. The van der Waals surface area contributed by atoms with Crippen LogP contribution in [0.4, 0.5) is 5.13 Å². The first-order chi connectivity index (χ1) is 6.59. The van der Waals surface area contributed by atoms with Crippen molar-refractivity contribution >= 4 is 16.5 Å². The van der Waals surface area contributed by atoms with Gasteiger partial charge in [-0.15, -0.1) is 11.3 Å². The number of rotatable bonds is 1. The van der Waals surface area contributed by atoms with Crippen molar-refractivity contribution < 1.29 is 0 Å². The SMILES string of the molecule is Cc1[nH]c(-c2csc(N)n2)c(C)c1C. The highest BCUT2D eigenvalue weighted by Gasteiger charge is 2.11. The first kappa shape index (κ1) is 9.27. The molecule has 0 saturated carbocycles. The van der Waals surface area contributed by atoms with Crippen LogP contribution in [-0.4, -0.2) is 9.97 Å². The molecule has 14 heavy (non-hydrogen) atoms. The van der Waals surface area contributed by atoms with E-state index in [0.29, 0.717) is 5.13 Å². The van der Waals surface area contributed by atoms with Gasteiger partial charge >= 0.3 is 0 Å². The number of nitrogens with one attached hydrogen (secondary N) is 1. The molecule has 0 atom stereocenters. The third-order valence-electron chi connectivity index (χ3n) is 2.59. The van der Waals surface area contributed by atoms with Crippen LogP contribution in [0.25, 0.3) is 11.4 Å². The number of hydrogen-bond donors (Lipinski definition) is 2. The molecule has 2 heterocycles. The van der Waals surface area contributed by atoms with Gasteiger partial charge in [0.05, 0.1) is 11.4 Å². The fourth-order valence-corrected chi connectivity index (χ4v) is 2.06. The van der Waals surface area contributed by atoms with Crippen molar-refractivity contribution in [2.24, 2.45) is 0 Å². The molecule has 0 radical (unpaired) electrons. The monoisotopic (exact) mass is 207 g/mol. The summed E-state index contributed by atoms with van der Waals surface area (Å²) >= 11 is 1.47. The van der Waals surface area contributed by atoms with Gasteiger partial charge in [0.1, 0.15) is 0 Å². The van der Waals surface area contributed by atoms with E-state index in [1.807, 2.05) is 5.38 Å². The molecule has 0 fully saturated rings. The Morgan fingerprint density at radius 1 is 1.29 bits per heavy atom. The first-order valence-corrected chi connectivity index (χ1v) is 5.34. The average Bonchev–Trinajstić information content (AvgIpc) is 2.66. The van der Waals surface area contributed by atoms with Crippen LogP contribution >= 0.6 is 11.3 Å². The summed E-state index contributed by atoms with van der Waals surface area (Å²) in [6.45, 7) is 6.28. The summed E-state index contributed by atoms with van der Waals surface area (Å²) in [4.78, 5) is 7.59. The van der Waals surface area contributed by atoms with Gasteiger partial charge in [-0.3, -0.25) is 0 Å². The van der Waals surface area contributed by atoms with E-state index in [1.54, 1.807) is 0 Å². The van der Waals surface area contributed by atoms with E-state index in [0.717, 1.165) is 11.4 Å². The predicted molar refractivity (Wildman–Crippen MR) is 60.5 cm³/mol.